The molecule has 0 radical (unpaired) electrons. The summed E-state index contributed by atoms with van der Waals surface area (Å²) in [6.07, 6.45) is 0. The van der Waals surface area contributed by atoms with Crippen molar-refractivity contribution in [2.24, 2.45) is 0 Å². The van der Waals surface area contributed by atoms with E-state index in [1.165, 1.54) is 64.6 Å². The summed E-state index contributed by atoms with van der Waals surface area (Å²) < 4.78 is 3.16. The van der Waals surface area contributed by atoms with Crippen LogP contribution >= 0.6 is 0 Å². The standard InChI is InChI=1S/2C17H11.C12H10Ge.2ClH.Zr/c2*1-3-8-14-12(6-1)13-7-2-4-9-15(13)17-11-5-10-16(14)17;1-3-7-11(8-4-1)13-12-9-5-2-6-10-12;;;/h2*1-11H;1-10H;2*1H;/q2*-1;;;;+2/p-2. The van der Waals surface area contributed by atoms with Gasteiger partial charge in [-0.05, 0) is 10.8 Å². The van der Waals surface area contributed by atoms with Crippen LogP contribution < -0.4 is 33.6 Å². The van der Waals surface area contributed by atoms with Crippen LogP contribution in [0.3, 0.4) is 0 Å². The van der Waals surface area contributed by atoms with Crippen LogP contribution in [0.5, 0.6) is 0 Å². The molecule has 10 aromatic rings. The molecule has 0 aliphatic rings. The summed E-state index contributed by atoms with van der Waals surface area (Å²) in [6, 6.07) is 69.6. The van der Waals surface area contributed by atoms with E-state index in [2.05, 4.69) is 194 Å². The van der Waals surface area contributed by atoms with Crippen LogP contribution in [-0.2, 0) is 21.6 Å². The van der Waals surface area contributed by atoms with Crippen LogP contribution in [0.25, 0.3) is 64.6 Å². The number of hydrogen-bond acceptors (Lipinski definition) is 0. The van der Waals surface area contributed by atoms with Gasteiger partial charge in [-0.2, -0.15) is 24.3 Å². The van der Waals surface area contributed by atoms with Crippen LogP contribution in [0.15, 0.2) is 194 Å². The first-order valence-corrected chi connectivity index (χ1v) is 25.9. The summed E-state index contributed by atoms with van der Waals surface area (Å²) in [5, 5.41) is 16.2. The molecule has 240 valence electrons. The zero-order valence-electron chi connectivity index (χ0n) is 27.2. The van der Waals surface area contributed by atoms with Gasteiger partial charge in [-0.25, -0.2) is 0 Å². The third-order valence-electron chi connectivity index (χ3n) is 9.21. The van der Waals surface area contributed by atoms with Crippen molar-refractivity contribution in [2.75, 3.05) is 0 Å². The van der Waals surface area contributed by atoms with Crippen LogP contribution in [0.2, 0.25) is 0 Å². The van der Waals surface area contributed by atoms with E-state index in [0.29, 0.717) is 0 Å². The molecule has 0 aliphatic heterocycles. The summed E-state index contributed by atoms with van der Waals surface area (Å²) in [5.74, 6) is 0. The van der Waals surface area contributed by atoms with Gasteiger partial charge in [0.05, 0.1) is 0 Å². The molecule has 10 aromatic carbocycles. The Kier molecular flexibility index (Phi) is 11.7. The molecule has 0 N–H and O–H groups in total. The maximum absolute atomic E-state index is 2.27. The van der Waals surface area contributed by atoms with E-state index >= 15 is 0 Å². The molecule has 50 heavy (non-hydrogen) atoms. The van der Waals surface area contributed by atoms with E-state index < -0.39 is 9.98 Å². The van der Waals surface area contributed by atoms with Crippen molar-refractivity contribution in [3.8, 4) is 0 Å². The first kappa shape index (κ1) is 35.8. The first-order chi connectivity index (χ1) is 23.8. The Bertz CT molecular complexity index is 2370. The fourth-order valence-corrected chi connectivity index (χ4v) is 14.1. The van der Waals surface area contributed by atoms with E-state index in [9.17, 15) is 0 Å². The Balaban J connectivity index is 0.000000128. The minimum Gasteiger partial charge on any atom is -0.168 e. The molecule has 0 atom stereocenters. The number of hydrogen-bond donors (Lipinski definition) is 0. The van der Waals surface area contributed by atoms with Gasteiger partial charge in [0.2, 0.25) is 0 Å². The number of fused-ring (bicyclic) bond motifs is 12. The van der Waals surface area contributed by atoms with Crippen molar-refractivity contribution in [2.45, 2.75) is 0 Å². The molecule has 0 spiro atoms. The Hall–Kier alpha value is -3.97. The molecule has 0 amide bonds. The van der Waals surface area contributed by atoms with Crippen molar-refractivity contribution in [3.05, 3.63) is 194 Å². The maximum Gasteiger partial charge on any atom is -0.0293 e. The number of benzene rings is 8. The summed E-state index contributed by atoms with van der Waals surface area (Å²) in [7, 11) is -1.11. The smallest absolute Gasteiger partial charge is 0.0293 e. The van der Waals surface area contributed by atoms with Gasteiger partial charge in [-0.3, -0.25) is 0 Å². The quantitative estimate of drug-likeness (QED) is 0.130. The molecule has 0 heterocycles. The minimum absolute atomic E-state index is 0. The van der Waals surface area contributed by atoms with E-state index in [1.54, 1.807) is 30.4 Å². The molecule has 0 unspecified atom stereocenters. The number of rotatable bonds is 2. The molecular weight excluding hydrogens is 787 g/mol. The van der Waals surface area contributed by atoms with Gasteiger partial charge in [0.15, 0.2) is 0 Å². The predicted molar refractivity (Wildman–Crippen MR) is 207 cm³/mol. The van der Waals surface area contributed by atoms with Gasteiger partial charge < -0.3 is 24.8 Å². The Morgan fingerprint density at radius 1 is 0.300 bits per heavy atom. The molecule has 0 bridgehead atoms. The maximum atomic E-state index is 2.27. The summed E-state index contributed by atoms with van der Waals surface area (Å²) in [4.78, 5) is 0. The van der Waals surface area contributed by atoms with Crippen molar-refractivity contribution in [3.63, 3.8) is 0 Å². The summed E-state index contributed by atoms with van der Waals surface area (Å²) in [5.41, 5.74) is 0. The second-order valence-electron chi connectivity index (χ2n) is 12.0. The van der Waals surface area contributed by atoms with Crippen molar-refractivity contribution in [1.82, 2.24) is 0 Å². The van der Waals surface area contributed by atoms with E-state index in [1.807, 2.05) is 0 Å². The molecule has 0 aliphatic carbocycles. The first-order valence-electron chi connectivity index (χ1n) is 16.4. The molecular formula is C46H32Cl2GeZr-2. The second-order valence-corrected chi connectivity index (χ2v) is 22.4. The Labute approximate surface area is 321 Å². The zero-order chi connectivity index (χ0) is 32.3. The van der Waals surface area contributed by atoms with E-state index in [0.717, 1.165) is 0 Å². The average molecular weight is 820 g/mol. The normalized spacial score (nSPS) is 10.6. The summed E-state index contributed by atoms with van der Waals surface area (Å²) in [6.45, 7) is 0. The van der Waals surface area contributed by atoms with Crippen LogP contribution in [0, 0.1) is 0 Å². The van der Waals surface area contributed by atoms with Gasteiger partial charge in [-0.1, -0.05) is 129 Å². The average Bonchev–Trinajstić information content (AvgIpc) is 3.88. The molecule has 0 fully saturated rings. The molecule has 4 heteroatoms. The monoisotopic (exact) mass is 818 g/mol. The van der Waals surface area contributed by atoms with Crippen molar-refractivity contribution in [1.29, 1.82) is 0 Å². The van der Waals surface area contributed by atoms with Crippen molar-refractivity contribution >= 4 is 83.4 Å². The van der Waals surface area contributed by atoms with Crippen molar-refractivity contribution < 1.29 is 46.4 Å². The van der Waals surface area contributed by atoms with Gasteiger partial charge >= 0.3 is 101 Å². The third kappa shape index (κ3) is 6.98. The minimum atomic E-state index is -1.11. The van der Waals surface area contributed by atoms with Gasteiger partial charge in [0.1, 0.15) is 0 Å². The fourth-order valence-electron chi connectivity index (χ4n) is 6.97. The molecule has 0 aromatic heterocycles. The van der Waals surface area contributed by atoms with Gasteiger partial charge in [0, 0.05) is 0 Å². The van der Waals surface area contributed by atoms with Crippen LogP contribution in [0.1, 0.15) is 0 Å². The van der Waals surface area contributed by atoms with Crippen LogP contribution in [0.4, 0.5) is 0 Å². The third-order valence-corrected chi connectivity index (χ3v) is 20.4. The summed E-state index contributed by atoms with van der Waals surface area (Å²) >= 11 is 1.71. The Morgan fingerprint density at radius 3 is 0.860 bits per heavy atom. The largest absolute Gasteiger partial charge is 0.168 e. The second kappa shape index (κ2) is 16.4. The Morgan fingerprint density at radius 2 is 0.540 bits per heavy atom. The molecule has 0 saturated heterocycles. The van der Waals surface area contributed by atoms with Gasteiger partial charge in [0.25, 0.3) is 0 Å². The topological polar surface area (TPSA) is 0 Å². The van der Waals surface area contributed by atoms with E-state index in [4.69, 9.17) is 0 Å². The zero-order valence-corrected chi connectivity index (χ0v) is 33.3. The van der Waals surface area contributed by atoms with Gasteiger partial charge in [-0.15, -0.1) is 33.7 Å². The van der Waals surface area contributed by atoms with E-state index in [-0.39, 0.29) is 24.8 Å². The molecule has 0 nitrogen and oxygen atoms in total. The molecule has 10 rings (SSSR count). The number of halogens is 2. The molecule has 0 saturated carbocycles. The van der Waals surface area contributed by atoms with Crippen LogP contribution in [-0.4, -0.2) is 9.98 Å². The fraction of sp³-hybridized carbons (Fsp3) is 0. The SMILES string of the molecule is [Cl-].[Cl-].[Zr+2]=[Ge]([c]1ccccc1)[c]1ccccc1.c1ccc2c(c1)c1ccccc1c1[cH-]ccc21.c1ccc2c(c1)c1ccccc1c1[cH-]ccc21. The predicted octanol–water partition coefficient (Wildman–Crippen LogP) is 5.08.